The zero-order valence-corrected chi connectivity index (χ0v) is 15.9. The van der Waals surface area contributed by atoms with E-state index in [-0.39, 0.29) is 29.6 Å². The number of anilines is 1. The van der Waals surface area contributed by atoms with Crippen LogP contribution in [-0.2, 0) is 17.6 Å². The van der Waals surface area contributed by atoms with Gasteiger partial charge in [0.05, 0.1) is 5.02 Å². The summed E-state index contributed by atoms with van der Waals surface area (Å²) in [5.41, 5.74) is 1.20. The first-order valence-corrected chi connectivity index (χ1v) is 9.50. The van der Waals surface area contributed by atoms with Crippen LogP contribution in [0, 0.1) is 5.82 Å². The van der Waals surface area contributed by atoms with E-state index in [0.717, 1.165) is 11.8 Å². The Morgan fingerprint density at radius 1 is 1.28 bits per heavy atom. The van der Waals surface area contributed by atoms with E-state index in [0.29, 0.717) is 29.1 Å². The van der Waals surface area contributed by atoms with Crippen molar-refractivity contribution in [1.82, 2.24) is 9.88 Å². The van der Waals surface area contributed by atoms with Crippen molar-refractivity contribution in [2.45, 2.75) is 43.9 Å². The molecule has 3 unspecified atom stereocenters. The Kier molecular flexibility index (Phi) is 4.81. The number of hydrogen-bond acceptors (Lipinski definition) is 3. The highest BCUT2D eigenvalue weighted by Gasteiger charge is 2.47. The van der Waals surface area contributed by atoms with Gasteiger partial charge in [-0.25, -0.2) is 9.37 Å². The fraction of sp³-hybridized carbons (Fsp3) is 0.400. The van der Waals surface area contributed by atoms with Crippen LogP contribution in [0.15, 0.2) is 30.5 Å². The summed E-state index contributed by atoms with van der Waals surface area (Å²) in [6.07, 6.45) is -3.75. The summed E-state index contributed by atoms with van der Waals surface area (Å²) in [6, 6.07) is 3.67. The summed E-state index contributed by atoms with van der Waals surface area (Å²) in [7, 11) is 0. The molecule has 29 heavy (non-hydrogen) atoms. The molecule has 1 aliphatic carbocycles. The van der Waals surface area contributed by atoms with Gasteiger partial charge in [-0.05, 0) is 42.5 Å². The smallest absolute Gasteiger partial charge is 0.367 e. The van der Waals surface area contributed by atoms with Crippen molar-refractivity contribution in [3.8, 4) is 0 Å². The molecule has 1 saturated heterocycles. The number of fused-ring (bicyclic) bond motifs is 1. The van der Waals surface area contributed by atoms with Crippen molar-refractivity contribution in [3.05, 3.63) is 58.0 Å². The maximum atomic E-state index is 14.1. The number of amides is 1. The van der Waals surface area contributed by atoms with Gasteiger partial charge in [0.15, 0.2) is 6.04 Å². The Bertz CT molecular complexity index is 970. The zero-order valence-electron chi connectivity index (χ0n) is 16.1. The highest BCUT2D eigenvalue weighted by molar-refractivity contribution is 6.30. The molecule has 154 valence electrons. The monoisotopic (exact) mass is 428 g/mol. The molecule has 4 nitrogen and oxygen atoms in total. The number of carbonyl (C=O) groups excluding carboxylic acids is 1. The fourth-order valence-corrected chi connectivity index (χ4v) is 4.13. The van der Waals surface area contributed by atoms with Crippen LogP contribution < -0.4 is 5.32 Å². The molecule has 9 heteroatoms. The van der Waals surface area contributed by atoms with Gasteiger partial charge >= 0.3 is 6.18 Å². The maximum Gasteiger partial charge on any atom is 0.413 e. The predicted molar refractivity (Wildman–Crippen MR) is 100 cm³/mol. The second-order valence-electron chi connectivity index (χ2n) is 7.19. The number of halogens is 5. The van der Waals surface area contributed by atoms with E-state index in [1.807, 2.05) is 0 Å². The van der Waals surface area contributed by atoms with Crippen molar-refractivity contribution in [2.75, 3.05) is 11.9 Å². The van der Waals surface area contributed by atoms with Crippen molar-refractivity contribution >= 4 is 23.3 Å². The van der Waals surface area contributed by atoms with Gasteiger partial charge < -0.3 is 10.2 Å². The molecule has 0 radical (unpaired) electrons. The third-order valence-electron chi connectivity index (χ3n) is 5.26. The highest BCUT2D eigenvalue weighted by atomic mass is 35.5. The Morgan fingerprint density at radius 2 is 2.07 bits per heavy atom. The van der Waals surface area contributed by atoms with E-state index in [4.69, 9.17) is 13.0 Å². The van der Waals surface area contributed by atoms with Crippen LogP contribution in [0.4, 0.5) is 23.4 Å². The Hall–Kier alpha value is -2.35. The lowest BCUT2D eigenvalue weighted by atomic mass is 10.1. The van der Waals surface area contributed by atoms with Gasteiger partial charge in [-0.15, -0.1) is 0 Å². The molecule has 4 rings (SSSR count). The normalized spacial score (nSPS) is 23.1. The summed E-state index contributed by atoms with van der Waals surface area (Å²) >= 11 is 5.82. The van der Waals surface area contributed by atoms with E-state index in [9.17, 15) is 22.4 Å². The number of nitrogens with one attached hydrogen (secondary N) is 1. The van der Waals surface area contributed by atoms with Crippen LogP contribution in [-0.4, -0.2) is 34.6 Å². The lowest BCUT2D eigenvalue weighted by Crippen LogP contribution is -2.39. The molecule has 1 amide bonds. The number of benzene rings is 1. The number of nitrogens with zero attached hydrogens (tertiary/aromatic N) is 2. The largest absolute Gasteiger partial charge is 0.413 e. The number of hydrogen-bond donors (Lipinski definition) is 1. The molecule has 2 aliphatic rings. The summed E-state index contributed by atoms with van der Waals surface area (Å²) in [6.45, 7) is -0.119. The molecule has 1 aromatic carbocycles. The van der Waals surface area contributed by atoms with E-state index in [1.165, 1.54) is 18.2 Å². The van der Waals surface area contributed by atoms with Crippen molar-refractivity contribution < 1.29 is 23.7 Å². The van der Waals surface area contributed by atoms with E-state index >= 15 is 0 Å². The predicted octanol–water partition coefficient (Wildman–Crippen LogP) is 4.68. The van der Waals surface area contributed by atoms with Crippen LogP contribution in [0.1, 0.15) is 36.9 Å². The average Bonchev–Trinajstić information content (AvgIpc) is 3.24. The average molecular weight is 429 g/mol. The number of aromatic nitrogens is 1. The van der Waals surface area contributed by atoms with Crippen molar-refractivity contribution in [3.63, 3.8) is 0 Å². The van der Waals surface area contributed by atoms with E-state index in [2.05, 4.69) is 10.3 Å². The second kappa shape index (κ2) is 7.48. The topological polar surface area (TPSA) is 45.2 Å². The van der Waals surface area contributed by atoms with Crippen LogP contribution in [0.2, 0.25) is 5.02 Å². The lowest BCUT2D eigenvalue weighted by Gasteiger charge is -2.30. The highest BCUT2D eigenvalue weighted by Crippen LogP contribution is 2.40. The molecule has 0 bridgehead atoms. The third-order valence-corrected chi connectivity index (χ3v) is 5.55. The number of rotatable bonds is 4. The van der Waals surface area contributed by atoms with Crippen molar-refractivity contribution in [1.29, 1.82) is 0 Å². The molecule has 1 aliphatic heterocycles. The summed E-state index contributed by atoms with van der Waals surface area (Å²) in [4.78, 5) is 16.8. The third kappa shape index (κ3) is 3.90. The molecule has 1 aromatic heterocycles. The summed E-state index contributed by atoms with van der Waals surface area (Å²) in [5, 5.41) is 3.17. The number of likely N-dealkylation sites (tertiary alicyclic amines) is 1. The quantitative estimate of drug-likeness (QED) is 0.719. The van der Waals surface area contributed by atoms with Gasteiger partial charge in [-0.2, -0.15) is 13.2 Å². The van der Waals surface area contributed by atoms with Gasteiger partial charge in [-0.3, -0.25) is 4.79 Å². The first-order valence-electron chi connectivity index (χ1n) is 9.70. The fourth-order valence-electron chi connectivity index (χ4n) is 3.95. The second-order valence-corrected chi connectivity index (χ2v) is 7.60. The number of carbonyl (C=O) groups is 1. The molecule has 0 spiro atoms. The van der Waals surface area contributed by atoms with Crippen LogP contribution >= 0.6 is 11.6 Å². The Morgan fingerprint density at radius 3 is 2.69 bits per heavy atom. The molecule has 2 heterocycles. The molecule has 3 atom stereocenters. The Labute approximate surface area is 171 Å². The number of alkyl halides is 3. The number of pyridine rings is 1. The minimum absolute atomic E-state index is 0.0569. The molecule has 2 aromatic rings. The SMILES string of the molecule is [2H]C1CCN(C(c2ccc(NC3Cc4ccc(Cl)c(F)c4C3)nc2)C(F)(F)F)C1=O. The van der Waals surface area contributed by atoms with Gasteiger partial charge in [0.25, 0.3) is 0 Å². The summed E-state index contributed by atoms with van der Waals surface area (Å²) in [5.74, 6) is -0.920. The first kappa shape index (κ1) is 18.7. The molecular formula is C20H18ClF4N3O. The van der Waals surface area contributed by atoms with Crippen LogP contribution in [0.3, 0.4) is 0 Å². The van der Waals surface area contributed by atoms with Gasteiger partial charge in [0.2, 0.25) is 5.91 Å². The van der Waals surface area contributed by atoms with Gasteiger partial charge in [0, 0.05) is 32.1 Å². The van der Waals surface area contributed by atoms with Crippen molar-refractivity contribution in [2.24, 2.45) is 0 Å². The Balaban J connectivity index is 1.50. The van der Waals surface area contributed by atoms with Crippen LogP contribution in [0.5, 0.6) is 0 Å². The lowest BCUT2D eigenvalue weighted by molar-refractivity contribution is -0.188. The first-order chi connectivity index (χ1) is 14.1. The summed E-state index contributed by atoms with van der Waals surface area (Å²) < 4.78 is 62.7. The standard InChI is InChI=1S/C20H18ClF4N3O/c21-15-5-3-11-8-13(9-14(11)18(15)22)27-16-6-4-12(10-26-16)19(20(23,24)25)28-7-1-2-17(28)29/h3-6,10,13,19H,1-2,7-9H2,(H,26,27)/i2D. The molecule has 0 saturated carbocycles. The van der Waals surface area contributed by atoms with Crippen LogP contribution in [0.25, 0.3) is 0 Å². The van der Waals surface area contributed by atoms with E-state index in [1.54, 1.807) is 6.07 Å². The molecule has 1 fully saturated rings. The molecule has 1 N–H and O–H groups in total. The zero-order chi connectivity index (χ0) is 21.6. The van der Waals surface area contributed by atoms with Gasteiger partial charge in [-0.1, -0.05) is 23.7 Å². The van der Waals surface area contributed by atoms with Gasteiger partial charge in [0.1, 0.15) is 11.6 Å². The minimum atomic E-state index is -4.68. The van der Waals surface area contributed by atoms with E-state index < -0.39 is 30.3 Å². The minimum Gasteiger partial charge on any atom is -0.367 e. The molecular weight excluding hydrogens is 410 g/mol. The maximum absolute atomic E-state index is 14.1.